The molecule has 0 aromatic heterocycles. The summed E-state index contributed by atoms with van der Waals surface area (Å²) < 4.78 is 0. The van der Waals surface area contributed by atoms with E-state index in [1.165, 1.54) is 0 Å². The molecule has 0 spiro atoms. The standard InChI is InChI=1S/C11H14OS/c1-3-13-9(2)11(12)10-7-5-4-6-8-10/h4-8,11-12H,2-3H2,1H3. The lowest BCUT2D eigenvalue weighted by Crippen LogP contribution is -1.97. The molecule has 0 aliphatic rings. The van der Waals surface area contributed by atoms with Crippen molar-refractivity contribution in [2.75, 3.05) is 5.75 Å². The van der Waals surface area contributed by atoms with Crippen molar-refractivity contribution in [1.29, 1.82) is 0 Å². The predicted molar refractivity (Wildman–Crippen MR) is 58.7 cm³/mol. The van der Waals surface area contributed by atoms with Crippen LogP contribution in [-0.2, 0) is 0 Å². The predicted octanol–water partition coefficient (Wildman–Crippen LogP) is 2.99. The molecule has 1 aromatic carbocycles. The van der Waals surface area contributed by atoms with E-state index in [1.54, 1.807) is 11.8 Å². The van der Waals surface area contributed by atoms with Gasteiger partial charge in [0.05, 0.1) is 0 Å². The molecule has 0 bridgehead atoms. The van der Waals surface area contributed by atoms with Crippen LogP contribution in [0.4, 0.5) is 0 Å². The van der Waals surface area contributed by atoms with Crippen molar-refractivity contribution in [3.8, 4) is 0 Å². The van der Waals surface area contributed by atoms with Crippen LogP contribution in [-0.4, -0.2) is 10.9 Å². The van der Waals surface area contributed by atoms with Gasteiger partial charge in [-0.3, -0.25) is 0 Å². The van der Waals surface area contributed by atoms with E-state index in [1.807, 2.05) is 37.3 Å². The topological polar surface area (TPSA) is 20.2 Å². The third-order valence-corrected chi connectivity index (χ3v) is 2.63. The van der Waals surface area contributed by atoms with Crippen LogP contribution in [0.5, 0.6) is 0 Å². The van der Waals surface area contributed by atoms with Crippen molar-refractivity contribution >= 4 is 11.8 Å². The van der Waals surface area contributed by atoms with Gasteiger partial charge in [-0.05, 0) is 11.3 Å². The van der Waals surface area contributed by atoms with Gasteiger partial charge < -0.3 is 5.11 Å². The first-order valence-electron chi connectivity index (χ1n) is 4.30. The maximum atomic E-state index is 9.80. The second-order valence-electron chi connectivity index (χ2n) is 2.71. The SMILES string of the molecule is C=C(SCC)C(O)c1ccccc1. The van der Waals surface area contributed by atoms with Gasteiger partial charge in [0.25, 0.3) is 0 Å². The third-order valence-electron chi connectivity index (χ3n) is 1.75. The van der Waals surface area contributed by atoms with Crippen molar-refractivity contribution in [2.24, 2.45) is 0 Å². The third kappa shape index (κ3) is 2.90. The lowest BCUT2D eigenvalue weighted by molar-refractivity contribution is 0.225. The van der Waals surface area contributed by atoms with E-state index < -0.39 is 6.10 Å². The van der Waals surface area contributed by atoms with Crippen LogP contribution < -0.4 is 0 Å². The fourth-order valence-electron chi connectivity index (χ4n) is 1.09. The number of benzene rings is 1. The van der Waals surface area contributed by atoms with E-state index in [9.17, 15) is 5.11 Å². The normalized spacial score (nSPS) is 12.5. The van der Waals surface area contributed by atoms with E-state index >= 15 is 0 Å². The van der Waals surface area contributed by atoms with E-state index in [4.69, 9.17) is 0 Å². The van der Waals surface area contributed by atoms with Gasteiger partial charge in [-0.1, -0.05) is 43.8 Å². The van der Waals surface area contributed by atoms with Gasteiger partial charge in [-0.2, -0.15) is 0 Å². The maximum Gasteiger partial charge on any atom is 0.109 e. The molecule has 70 valence electrons. The number of hydrogen-bond acceptors (Lipinski definition) is 2. The Kier molecular flexibility index (Phi) is 4.06. The minimum Gasteiger partial charge on any atom is -0.383 e. The van der Waals surface area contributed by atoms with Crippen LogP contribution >= 0.6 is 11.8 Å². The molecule has 1 nitrogen and oxygen atoms in total. The quantitative estimate of drug-likeness (QED) is 0.795. The van der Waals surface area contributed by atoms with Crippen molar-refractivity contribution in [3.63, 3.8) is 0 Å². The molecule has 1 rings (SSSR count). The van der Waals surface area contributed by atoms with Crippen molar-refractivity contribution in [2.45, 2.75) is 13.0 Å². The van der Waals surface area contributed by atoms with Gasteiger partial charge in [-0.25, -0.2) is 0 Å². The lowest BCUT2D eigenvalue weighted by atomic mass is 10.1. The molecule has 2 heteroatoms. The van der Waals surface area contributed by atoms with Crippen LogP contribution in [0.1, 0.15) is 18.6 Å². The van der Waals surface area contributed by atoms with E-state index in [2.05, 4.69) is 6.58 Å². The molecule has 0 heterocycles. The second kappa shape index (κ2) is 5.10. The zero-order valence-corrected chi connectivity index (χ0v) is 8.55. The fraction of sp³-hybridized carbons (Fsp3) is 0.273. The molecule has 1 aromatic rings. The second-order valence-corrected chi connectivity index (χ2v) is 4.10. The Labute approximate surface area is 83.5 Å². The highest BCUT2D eigenvalue weighted by molar-refractivity contribution is 8.03. The van der Waals surface area contributed by atoms with Crippen LogP contribution in [0.25, 0.3) is 0 Å². The average molecular weight is 194 g/mol. The minimum absolute atomic E-state index is 0.536. The molecule has 0 radical (unpaired) electrons. The molecular weight excluding hydrogens is 180 g/mol. The molecule has 1 N–H and O–H groups in total. The molecular formula is C11H14OS. The van der Waals surface area contributed by atoms with E-state index in [0.717, 1.165) is 16.2 Å². The Hall–Kier alpha value is -0.730. The largest absolute Gasteiger partial charge is 0.383 e. The first-order chi connectivity index (χ1) is 6.25. The van der Waals surface area contributed by atoms with Gasteiger partial charge in [-0.15, -0.1) is 11.8 Å². The van der Waals surface area contributed by atoms with Gasteiger partial charge in [0, 0.05) is 4.91 Å². The Morgan fingerprint density at radius 2 is 2.08 bits per heavy atom. The Morgan fingerprint density at radius 1 is 1.46 bits per heavy atom. The summed E-state index contributed by atoms with van der Waals surface area (Å²) in [5.74, 6) is 0.947. The van der Waals surface area contributed by atoms with Crippen LogP contribution in [0, 0.1) is 0 Å². The molecule has 1 atom stereocenters. The van der Waals surface area contributed by atoms with Crippen LogP contribution in [0.15, 0.2) is 41.8 Å². The van der Waals surface area contributed by atoms with Crippen LogP contribution in [0.2, 0.25) is 0 Å². The molecule has 1 unspecified atom stereocenters. The molecule has 0 aliphatic carbocycles. The Bertz CT molecular complexity index is 269. The number of aliphatic hydroxyl groups is 1. The smallest absolute Gasteiger partial charge is 0.109 e. The maximum absolute atomic E-state index is 9.80. The summed E-state index contributed by atoms with van der Waals surface area (Å²) in [6, 6.07) is 9.59. The summed E-state index contributed by atoms with van der Waals surface area (Å²) in [5, 5.41) is 9.80. The van der Waals surface area contributed by atoms with E-state index in [0.29, 0.717) is 0 Å². The zero-order chi connectivity index (χ0) is 9.68. The van der Waals surface area contributed by atoms with E-state index in [-0.39, 0.29) is 0 Å². The number of thioether (sulfide) groups is 1. The summed E-state index contributed by atoms with van der Waals surface area (Å²) in [4.78, 5) is 0.814. The first kappa shape index (κ1) is 10.4. The summed E-state index contributed by atoms with van der Waals surface area (Å²) >= 11 is 1.59. The monoisotopic (exact) mass is 194 g/mol. The van der Waals surface area contributed by atoms with Crippen molar-refractivity contribution in [1.82, 2.24) is 0 Å². The zero-order valence-electron chi connectivity index (χ0n) is 7.73. The van der Waals surface area contributed by atoms with Crippen molar-refractivity contribution in [3.05, 3.63) is 47.4 Å². The molecule has 0 aliphatic heterocycles. The number of hydrogen-bond donors (Lipinski definition) is 1. The molecule has 0 saturated carbocycles. The highest BCUT2D eigenvalue weighted by Gasteiger charge is 2.09. The van der Waals surface area contributed by atoms with Crippen LogP contribution in [0.3, 0.4) is 0 Å². The summed E-state index contributed by atoms with van der Waals surface area (Å²) in [6.45, 7) is 5.88. The molecule has 0 saturated heterocycles. The first-order valence-corrected chi connectivity index (χ1v) is 5.29. The average Bonchev–Trinajstić information content (AvgIpc) is 2.18. The minimum atomic E-state index is -0.536. The lowest BCUT2D eigenvalue weighted by Gasteiger charge is -2.12. The molecule has 0 fully saturated rings. The summed E-state index contributed by atoms with van der Waals surface area (Å²) in [6.07, 6.45) is -0.536. The highest BCUT2D eigenvalue weighted by atomic mass is 32.2. The van der Waals surface area contributed by atoms with Gasteiger partial charge in [0.15, 0.2) is 0 Å². The fourth-order valence-corrected chi connectivity index (χ4v) is 1.75. The Balaban J connectivity index is 2.68. The van der Waals surface area contributed by atoms with Gasteiger partial charge in [0.2, 0.25) is 0 Å². The number of rotatable bonds is 4. The summed E-state index contributed by atoms with van der Waals surface area (Å²) in [5.41, 5.74) is 0.911. The highest BCUT2D eigenvalue weighted by Crippen LogP contribution is 2.28. The Morgan fingerprint density at radius 3 is 2.62 bits per heavy atom. The summed E-state index contributed by atoms with van der Waals surface area (Å²) in [7, 11) is 0. The van der Waals surface area contributed by atoms with Gasteiger partial charge in [0.1, 0.15) is 6.10 Å². The molecule has 13 heavy (non-hydrogen) atoms. The number of aliphatic hydroxyl groups excluding tert-OH is 1. The van der Waals surface area contributed by atoms with Crippen molar-refractivity contribution < 1.29 is 5.11 Å². The van der Waals surface area contributed by atoms with Gasteiger partial charge >= 0.3 is 0 Å². The molecule has 0 amide bonds.